The van der Waals surface area contributed by atoms with Gasteiger partial charge in [-0.05, 0) is 73.7 Å². The SMILES string of the molecule is CCOC(=O)c1c(C(=O)c2ccc(OCCCCc3ccccc3)c(NC(=O)c3ccccc3)c2[N+](=O)[O-])nnn1Cc1ccc(OC)cc1. The molecule has 1 heterocycles. The van der Waals surface area contributed by atoms with Gasteiger partial charge in [0.15, 0.2) is 17.1 Å². The number of amides is 1. The second kappa shape index (κ2) is 16.6. The average Bonchev–Trinajstić information content (AvgIpc) is 3.56. The number of hydrogen-bond donors (Lipinski definition) is 1. The molecule has 0 unspecified atom stereocenters. The molecular weight excluding hydrogens is 642 g/mol. The Hall–Kier alpha value is -6.37. The van der Waals surface area contributed by atoms with E-state index in [1.807, 2.05) is 30.3 Å². The fourth-order valence-corrected chi connectivity index (χ4v) is 5.23. The van der Waals surface area contributed by atoms with Gasteiger partial charge in [0.1, 0.15) is 17.1 Å². The number of benzene rings is 4. The number of nitrogens with one attached hydrogen (secondary N) is 1. The summed E-state index contributed by atoms with van der Waals surface area (Å²) in [7, 11) is 1.53. The van der Waals surface area contributed by atoms with Crippen LogP contribution in [0.15, 0.2) is 97.1 Å². The van der Waals surface area contributed by atoms with Gasteiger partial charge in [-0.2, -0.15) is 0 Å². The molecule has 256 valence electrons. The van der Waals surface area contributed by atoms with Crippen LogP contribution in [0, 0.1) is 10.1 Å². The number of aryl methyl sites for hydroxylation is 1. The van der Waals surface area contributed by atoms with Crippen LogP contribution in [0.5, 0.6) is 11.5 Å². The zero-order valence-corrected chi connectivity index (χ0v) is 27.5. The number of ketones is 1. The van der Waals surface area contributed by atoms with Crippen molar-refractivity contribution in [3.05, 3.63) is 141 Å². The molecule has 0 bridgehead atoms. The number of carbonyl (C=O) groups is 3. The summed E-state index contributed by atoms with van der Waals surface area (Å²) < 4.78 is 17.6. The lowest BCUT2D eigenvalue weighted by atomic mass is 10.0. The molecule has 50 heavy (non-hydrogen) atoms. The maximum Gasteiger partial charge on any atom is 0.359 e. The maximum absolute atomic E-state index is 14.1. The molecule has 0 spiro atoms. The van der Waals surface area contributed by atoms with Gasteiger partial charge in [0, 0.05) is 5.56 Å². The number of nitrogens with zero attached hydrogens (tertiary/aromatic N) is 4. The van der Waals surface area contributed by atoms with E-state index in [-0.39, 0.29) is 42.5 Å². The molecule has 0 aliphatic heterocycles. The Morgan fingerprint density at radius 3 is 2.24 bits per heavy atom. The molecule has 1 N–H and O–H groups in total. The van der Waals surface area contributed by atoms with Crippen molar-refractivity contribution >= 4 is 29.0 Å². The van der Waals surface area contributed by atoms with Crippen LogP contribution in [0.2, 0.25) is 0 Å². The van der Waals surface area contributed by atoms with Gasteiger partial charge in [-0.25, -0.2) is 9.48 Å². The summed E-state index contributed by atoms with van der Waals surface area (Å²) in [4.78, 5) is 52.5. The van der Waals surface area contributed by atoms with Gasteiger partial charge >= 0.3 is 11.7 Å². The third kappa shape index (κ3) is 8.37. The van der Waals surface area contributed by atoms with Crippen LogP contribution in [-0.2, 0) is 17.7 Å². The molecule has 0 aliphatic rings. The fourth-order valence-electron chi connectivity index (χ4n) is 5.23. The number of ether oxygens (including phenoxy) is 3. The maximum atomic E-state index is 14.1. The third-order valence-corrected chi connectivity index (χ3v) is 7.71. The van der Waals surface area contributed by atoms with E-state index in [2.05, 4.69) is 15.6 Å². The number of esters is 1. The van der Waals surface area contributed by atoms with Gasteiger partial charge in [-0.1, -0.05) is 65.9 Å². The van der Waals surface area contributed by atoms with E-state index in [9.17, 15) is 24.5 Å². The second-order valence-corrected chi connectivity index (χ2v) is 11.0. The van der Waals surface area contributed by atoms with Crippen molar-refractivity contribution in [3.63, 3.8) is 0 Å². The first-order valence-corrected chi connectivity index (χ1v) is 15.9. The molecule has 0 atom stereocenters. The molecule has 0 aliphatic carbocycles. The van der Waals surface area contributed by atoms with Crippen LogP contribution >= 0.6 is 0 Å². The molecule has 0 fully saturated rings. The highest BCUT2D eigenvalue weighted by Crippen LogP contribution is 2.39. The smallest absolute Gasteiger partial charge is 0.359 e. The second-order valence-electron chi connectivity index (χ2n) is 11.0. The number of unbranched alkanes of at least 4 members (excludes halogenated alkanes) is 1. The lowest BCUT2D eigenvalue weighted by Crippen LogP contribution is -2.19. The Bertz CT molecular complexity index is 1960. The molecule has 5 rings (SSSR count). The number of aromatic nitrogens is 3. The number of nitro benzene ring substituents is 1. The molecule has 0 radical (unpaired) electrons. The topological polar surface area (TPSA) is 165 Å². The van der Waals surface area contributed by atoms with Crippen LogP contribution in [0.25, 0.3) is 0 Å². The number of nitro groups is 1. The largest absolute Gasteiger partial charge is 0.497 e. The Morgan fingerprint density at radius 1 is 0.880 bits per heavy atom. The Morgan fingerprint density at radius 2 is 1.58 bits per heavy atom. The zero-order valence-electron chi connectivity index (χ0n) is 27.5. The minimum Gasteiger partial charge on any atom is -0.497 e. The monoisotopic (exact) mass is 677 g/mol. The van der Waals surface area contributed by atoms with Gasteiger partial charge in [0.25, 0.3) is 5.91 Å². The molecule has 0 saturated heterocycles. The first-order valence-electron chi connectivity index (χ1n) is 15.9. The summed E-state index contributed by atoms with van der Waals surface area (Å²) >= 11 is 0. The standard InChI is InChI=1S/C37H35N5O8/c1-3-49-37(45)34-32(39-40-41(34)24-26-17-19-28(48-2)20-18-26)35(43)29-21-22-30(50-23-11-10-14-25-12-6-4-7-13-25)31(33(29)42(46)47)38-36(44)27-15-8-5-9-16-27/h4-9,12-13,15-22H,3,10-11,14,23-24H2,1-2H3,(H,38,44). The van der Waals surface area contributed by atoms with Gasteiger partial charge < -0.3 is 19.5 Å². The lowest BCUT2D eigenvalue weighted by molar-refractivity contribution is -0.384. The van der Waals surface area contributed by atoms with Gasteiger partial charge in [0.05, 0.1) is 31.8 Å². The molecule has 4 aromatic carbocycles. The van der Waals surface area contributed by atoms with E-state index in [0.29, 0.717) is 17.7 Å². The van der Waals surface area contributed by atoms with Crippen molar-refractivity contribution < 1.29 is 33.5 Å². The number of rotatable bonds is 16. The minimum absolute atomic E-state index is 0.00557. The van der Waals surface area contributed by atoms with Gasteiger partial charge in [-0.15, -0.1) is 5.10 Å². The van der Waals surface area contributed by atoms with E-state index >= 15 is 0 Å². The predicted molar refractivity (Wildman–Crippen MR) is 184 cm³/mol. The first kappa shape index (κ1) is 35.0. The molecule has 5 aromatic rings. The summed E-state index contributed by atoms with van der Waals surface area (Å²) in [6.07, 6.45) is 2.23. The molecule has 1 amide bonds. The van der Waals surface area contributed by atoms with E-state index in [4.69, 9.17) is 14.2 Å². The highest BCUT2D eigenvalue weighted by atomic mass is 16.6. The highest BCUT2D eigenvalue weighted by molar-refractivity contribution is 6.17. The van der Waals surface area contributed by atoms with Crippen molar-refractivity contribution in [2.24, 2.45) is 0 Å². The summed E-state index contributed by atoms with van der Waals surface area (Å²) in [6.45, 7) is 1.82. The van der Waals surface area contributed by atoms with Crippen molar-refractivity contribution in [1.82, 2.24) is 15.0 Å². The van der Waals surface area contributed by atoms with Gasteiger partial charge in [-0.3, -0.25) is 19.7 Å². The molecule has 0 saturated carbocycles. The van der Waals surface area contributed by atoms with Crippen LogP contribution in [0.4, 0.5) is 11.4 Å². The highest BCUT2D eigenvalue weighted by Gasteiger charge is 2.35. The summed E-state index contributed by atoms with van der Waals surface area (Å²) in [5, 5.41) is 23.3. The Kier molecular flexibility index (Phi) is 11.6. The summed E-state index contributed by atoms with van der Waals surface area (Å²) in [5.74, 6) is -1.87. The normalized spacial score (nSPS) is 10.7. The van der Waals surface area contributed by atoms with Crippen LogP contribution in [0.1, 0.15) is 67.8 Å². The van der Waals surface area contributed by atoms with Gasteiger partial charge in [0.2, 0.25) is 5.78 Å². The van der Waals surface area contributed by atoms with Crippen LogP contribution in [0.3, 0.4) is 0 Å². The van der Waals surface area contributed by atoms with E-state index in [0.717, 1.165) is 12.8 Å². The van der Waals surface area contributed by atoms with E-state index in [1.54, 1.807) is 61.5 Å². The number of hydrogen-bond acceptors (Lipinski definition) is 10. The predicted octanol–water partition coefficient (Wildman–Crippen LogP) is 6.30. The number of anilines is 1. The fraction of sp³-hybridized carbons (Fsp3) is 0.216. The summed E-state index contributed by atoms with van der Waals surface area (Å²) in [6, 6.07) is 27.6. The van der Waals surface area contributed by atoms with Crippen molar-refractivity contribution in [2.45, 2.75) is 32.7 Å². The quantitative estimate of drug-likeness (QED) is 0.0412. The Balaban J connectivity index is 1.50. The zero-order chi connectivity index (χ0) is 35.5. The lowest BCUT2D eigenvalue weighted by Gasteiger charge is -2.15. The van der Waals surface area contributed by atoms with Crippen molar-refractivity contribution in [1.29, 1.82) is 0 Å². The van der Waals surface area contributed by atoms with Crippen molar-refractivity contribution in [3.8, 4) is 11.5 Å². The molecule has 1 aromatic heterocycles. The van der Waals surface area contributed by atoms with E-state index < -0.39 is 39.5 Å². The molecular formula is C37H35N5O8. The molecule has 13 nitrogen and oxygen atoms in total. The van der Waals surface area contributed by atoms with Crippen LogP contribution in [-0.4, -0.2) is 57.9 Å². The number of carbonyl (C=O) groups excluding carboxylic acids is 3. The number of methoxy groups -OCH3 is 1. The van der Waals surface area contributed by atoms with Crippen molar-refractivity contribution in [2.75, 3.05) is 25.6 Å². The third-order valence-electron chi connectivity index (χ3n) is 7.71. The first-order chi connectivity index (χ1) is 24.3. The minimum atomic E-state index is -0.967. The van der Waals surface area contributed by atoms with E-state index in [1.165, 1.54) is 29.5 Å². The molecule has 13 heteroatoms. The summed E-state index contributed by atoms with van der Waals surface area (Å²) in [5.41, 5.74) is -0.0743. The van der Waals surface area contributed by atoms with Crippen LogP contribution < -0.4 is 14.8 Å². The average molecular weight is 678 g/mol. The Labute approximate surface area is 287 Å².